The van der Waals surface area contributed by atoms with Gasteiger partial charge in [0, 0.05) is 55.3 Å². The van der Waals surface area contributed by atoms with Gasteiger partial charge in [-0.15, -0.1) is 11.3 Å². The number of pyridine rings is 1. The average molecular weight is 565 g/mol. The second-order valence-electron chi connectivity index (χ2n) is 8.51. The van der Waals surface area contributed by atoms with Crippen molar-refractivity contribution in [3.63, 3.8) is 0 Å². The lowest BCUT2D eigenvalue weighted by Crippen LogP contribution is -2.26. The Morgan fingerprint density at radius 3 is 2.64 bits per heavy atom. The molecule has 14 heteroatoms. The zero-order chi connectivity index (χ0) is 27.5. The molecule has 12 nitrogen and oxygen atoms in total. The average Bonchev–Trinajstić information content (AvgIpc) is 3.70. The predicted molar refractivity (Wildman–Crippen MR) is 145 cm³/mol. The number of nitrogens with one attached hydrogen (secondary N) is 1. The normalized spacial score (nSPS) is 10.9. The molecule has 0 aliphatic carbocycles. The van der Waals surface area contributed by atoms with Crippen LogP contribution in [0.4, 0.5) is 11.5 Å². The van der Waals surface area contributed by atoms with Crippen LogP contribution in [0.5, 0.6) is 0 Å². The van der Waals surface area contributed by atoms with Crippen molar-refractivity contribution in [2.24, 2.45) is 0 Å². The fourth-order valence-electron chi connectivity index (χ4n) is 3.77. The first-order chi connectivity index (χ1) is 18.8. The van der Waals surface area contributed by atoms with Crippen LogP contribution in [0.15, 0.2) is 70.9 Å². The number of carbonyl (C=O) groups is 2. The van der Waals surface area contributed by atoms with E-state index in [1.54, 1.807) is 37.3 Å². The molecule has 5 aromatic rings. The second kappa shape index (κ2) is 11.0. The lowest BCUT2D eigenvalue weighted by Gasteiger charge is -2.18. The van der Waals surface area contributed by atoms with Crippen LogP contribution < -0.4 is 15.8 Å². The monoisotopic (exact) mass is 564 g/mol. The van der Waals surface area contributed by atoms with Crippen molar-refractivity contribution in [1.29, 1.82) is 0 Å². The van der Waals surface area contributed by atoms with E-state index < -0.39 is 11.5 Å². The fraction of sp³-hybridized carbons (Fsp3) is 0.160. The highest BCUT2D eigenvalue weighted by Crippen LogP contribution is 2.30. The molecule has 0 unspecified atom stereocenters. The number of thiophene rings is 1. The molecule has 0 saturated carbocycles. The van der Waals surface area contributed by atoms with Crippen LogP contribution in [0.25, 0.3) is 11.3 Å². The summed E-state index contributed by atoms with van der Waals surface area (Å²) >= 11 is 7.46. The second-order valence-corrected chi connectivity index (χ2v) is 10.3. The summed E-state index contributed by atoms with van der Waals surface area (Å²) in [7, 11) is 3.60. The molecule has 198 valence electrons. The van der Waals surface area contributed by atoms with Crippen LogP contribution >= 0.6 is 22.9 Å². The van der Waals surface area contributed by atoms with E-state index in [1.165, 1.54) is 53.2 Å². The maximum Gasteiger partial charge on any atom is 0.335 e. The Hall–Kier alpha value is -4.62. The van der Waals surface area contributed by atoms with E-state index in [1.807, 2.05) is 6.07 Å². The molecular formula is C25H21ClN8O4S. The van der Waals surface area contributed by atoms with Crippen molar-refractivity contribution in [3.05, 3.63) is 92.7 Å². The van der Waals surface area contributed by atoms with E-state index >= 15 is 0 Å². The molecule has 5 heterocycles. The molecule has 0 saturated heterocycles. The summed E-state index contributed by atoms with van der Waals surface area (Å²) in [5.74, 6) is -0.672. The molecular weight excluding hydrogens is 544 g/mol. The number of halogens is 1. The van der Waals surface area contributed by atoms with Gasteiger partial charge in [0.05, 0.1) is 40.6 Å². The number of carbonyl (C=O) groups excluding carboxylic acids is 2. The van der Waals surface area contributed by atoms with Gasteiger partial charge in [-0.25, -0.2) is 15.0 Å². The zero-order valence-electron chi connectivity index (χ0n) is 20.7. The van der Waals surface area contributed by atoms with Crippen molar-refractivity contribution < 1.29 is 14.0 Å². The number of aromatic nitrogens is 6. The Labute approximate surface area is 230 Å². The lowest BCUT2D eigenvalue weighted by molar-refractivity contribution is 0.0912. The minimum absolute atomic E-state index is 0.140. The zero-order valence-corrected chi connectivity index (χ0v) is 22.3. The summed E-state index contributed by atoms with van der Waals surface area (Å²) in [6, 6.07) is 6.71. The van der Waals surface area contributed by atoms with Gasteiger partial charge in [-0.2, -0.15) is 9.78 Å². The number of ketones is 1. The van der Waals surface area contributed by atoms with Gasteiger partial charge in [-0.1, -0.05) is 11.6 Å². The maximum absolute atomic E-state index is 13.1. The van der Waals surface area contributed by atoms with E-state index in [0.29, 0.717) is 39.2 Å². The first-order valence-corrected chi connectivity index (χ1v) is 12.7. The van der Waals surface area contributed by atoms with E-state index in [-0.39, 0.29) is 18.2 Å². The largest absolute Gasteiger partial charge is 0.441 e. The Kier molecular flexibility index (Phi) is 7.34. The van der Waals surface area contributed by atoms with Crippen molar-refractivity contribution in [3.8, 4) is 11.3 Å². The van der Waals surface area contributed by atoms with E-state index in [2.05, 4.69) is 25.4 Å². The minimum Gasteiger partial charge on any atom is -0.441 e. The van der Waals surface area contributed by atoms with Crippen LogP contribution in [0.2, 0.25) is 4.34 Å². The molecule has 0 aliphatic heterocycles. The number of nitrogens with zero attached hydrogens (tertiary/aromatic N) is 7. The molecule has 0 spiro atoms. The predicted octanol–water partition coefficient (Wildman–Crippen LogP) is 3.45. The number of rotatable bonds is 9. The van der Waals surface area contributed by atoms with E-state index in [0.717, 1.165) is 9.56 Å². The summed E-state index contributed by atoms with van der Waals surface area (Å²) in [5, 5.41) is 7.70. The molecule has 39 heavy (non-hydrogen) atoms. The highest BCUT2D eigenvalue weighted by molar-refractivity contribution is 7.16. The quantitative estimate of drug-likeness (QED) is 0.264. The molecule has 1 N–H and O–H groups in total. The van der Waals surface area contributed by atoms with Crippen molar-refractivity contribution in [2.75, 3.05) is 24.3 Å². The summed E-state index contributed by atoms with van der Waals surface area (Å²) in [6.45, 7) is 0.190. The summed E-state index contributed by atoms with van der Waals surface area (Å²) in [6.07, 6.45) is 8.37. The van der Waals surface area contributed by atoms with Gasteiger partial charge in [0.1, 0.15) is 18.4 Å². The SMILES string of the molecule is CN(C)c1cn(CC(=O)c2cncnc2)c(=O)cc1-c1cc(NCc2ccc(Cl)s2)n(C(=O)c2ncco2)n1. The molecule has 0 atom stereocenters. The summed E-state index contributed by atoms with van der Waals surface area (Å²) in [5.41, 5.74) is 1.32. The fourth-order valence-corrected chi connectivity index (χ4v) is 4.80. The third-order valence-corrected chi connectivity index (χ3v) is 6.88. The highest BCUT2D eigenvalue weighted by atomic mass is 35.5. The highest BCUT2D eigenvalue weighted by Gasteiger charge is 2.23. The first kappa shape index (κ1) is 26.0. The molecule has 5 rings (SSSR count). The molecule has 0 aliphatic rings. The molecule has 0 fully saturated rings. The third kappa shape index (κ3) is 5.63. The first-order valence-electron chi connectivity index (χ1n) is 11.5. The number of hydrogen-bond donors (Lipinski definition) is 1. The van der Waals surface area contributed by atoms with Crippen molar-refractivity contribution in [2.45, 2.75) is 13.1 Å². The molecule has 0 amide bonds. The van der Waals surface area contributed by atoms with Crippen LogP contribution in [0.1, 0.15) is 25.9 Å². The van der Waals surface area contributed by atoms with Gasteiger partial charge in [0.25, 0.3) is 11.4 Å². The Bertz CT molecular complexity index is 1690. The number of hydrogen-bond acceptors (Lipinski definition) is 11. The smallest absolute Gasteiger partial charge is 0.335 e. The van der Waals surface area contributed by atoms with Gasteiger partial charge in [-0.3, -0.25) is 14.4 Å². The van der Waals surface area contributed by atoms with Crippen LogP contribution in [-0.2, 0) is 13.1 Å². The van der Waals surface area contributed by atoms with Gasteiger partial charge in [0.15, 0.2) is 5.78 Å². The lowest BCUT2D eigenvalue weighted by atomic mass is 10.1. The van der Waals surface area contributed by atoms with Gasteiger partial charge in [-0.05, 0) is 12.1 Å². The van der Waals surface area contributed by atoms with Gasteiger partial charge in [0.2, 0.25) is 0 Å². The van der Waals surface area contributed by atoms with Gasteiger partial charge >= 0.3 is 5.91 Å². The number of Topliss-reactive ketones (excluding diaryl/α,β-unsaturated/α-hetero) is 1. The third-order valence-electron chi connectivity index (χ3n) is 5.65. The number of anilines is 2. The molecule has 5 aromatic heterocycles. The van der Waals surface area contributed by atoms with Crippen LogP contribution in [-0.4, -0.2) is 55.1 Å². The Morgan fingerprint density at radius 2 is 1.97 bits per heavy atom. The Morgan fingerprint density at radius 1 is 1.18 bits per heavy atom. The van der Waals surface area contributed by atoms with E-state index in [4.69, 9.17) is 16.0 Å². The maximum atomic E-state index is 13.1. The number of oxazole rings is 1. The van der Waals surface area contributed by atoms with Crippen molar-refractivity contribution in [1.82, 2.24) is 29.3 Å². The molecule has 0 bridgehead atoms. The minimum atomic E-state index is -0.589. The van der Waals surface area contributed by atoms with Crippen molar-refractivity contribution >= 4 is 46.1 Å². The van der Waals surface area contributed by atoms with Crippen LogP contribution in [0.3, 0.4) is 0 Å². The summed E-state index contributed by atoms with van der Waals surface area (Å²) < 4.78 is 8.28. The topological polar surface area (TPSA) is 141 Å². The van der Waals surface area contributed by atoms with Gasteiger partial charge < -0.3 is 19.2 Å². The standard InChI is InChI=1S/C25H21ClN8O4S/c1-32(2)19-12-33(13-20(35)15-9-27-14-28-10-15)23(36)7-17(19)18-8-22(30-11-16-3-4-21(26)39-16)34(31-18)25(37)24-29-5-6-38-24/h3-10,12,14,30H,11,13H2,1-2H3. The summed E-state index contributed by atoms with van der Waals surface area (Å²) in [4.78, 5) is 53.3. The molecule has 0 aromatic carbocycles. The van der Waals surface area contributed by atoms with Crippen LogP contribution in [0, 0.1) is 0 Å². The van der Waals surface area contributed by atoms with E-state index in [9.17, 15) is 14.4 Å². The molecule has 0 radical (unpaired) electrons. The Balaban J connectivity index is 1.53.